The van der Waals surface area contributed by atoms with Gasteiger partial charge in [-0.3, -0.25) is 9.59 Å². The molecule has 0 heterocycles. The first-order valence-corrected chi connectivity index (χ1v) is 8.91. The summed E-state index contributed by atoms with van der Waals surface area (Å²) >= 11 is 5.58. The lowest BCUT2D eigenvalue weighted by Crippen LogP contribution is -2.41. The number of halogens is 1. The van der Waals surface area contributed by atoms with E-state index >= 15 is 0 Å². The van der Waals surface area contributed by atoms with E-state index in [4.69, 9.17) is 11.6 Å². The maximum absolute atomic E-state index is 12.4. The highest BCUT2D eigenvalue weighted by molar-refractivity contribution is 6.17. The first-order valence-electron chi connectivity index (χ1n) is 8.38. The van der Waals surface area contributed by atoms with Crippen molar-refractivity contribution in [1.29, 1.82) is 0 Å². The van der Waals surface area contributed by atoms with Gasteiger partial charge in [0, 0.05) is 18.0 Å². The molecule has 0 aromatic heterocycles. The van der Waals surface area contributed by atoms with Crippen molar-refractivity contribution in [3.63, 3.8) is 0 Å². The van der Waals surface area contributed by atoms with Gasteiger partial charge in [0.05, 0.1) is 0 Å². The van der Waals surface area contributed by atoms with Crippen LogP contribution in [0.2, 0.25) is 0 Å². The Morgan fingerprint density at radius 2 is 1.72 bits per heavy atom. The number of benzene rings is 2. The quantitative estimate of drug-likeness (QED) is 0.706. The second-order valence-corrected chi connectivity index (χ2v) is 6.27. The highest BCUT2D eigenvalue weighted by Crippen LogP contribution is 2.19. The molecule has 2 amide bonds. The summed E-state index contributed by atoms with van der Waals surface area (Å²) < 4.78 is 0. The second kappa shape index (κ2) is 9.84. The van der Waals surface area contributed by atoms with E-state index in [0.29, 0.717) is 18.7 Å². The van der Waals surface area contributed by atoms with Crippen molar-refractivity contribution in [2.75, 3.05) is 11.2 Å². The van der Waals surface area contributed by atoms with Gasteiger partial charge in [0.1, 0.15) is 6.04 Å². The molecule has 25 heavy (non-hydrogen) atoms. The van der Waals surface area contributed by atoms with Crippen LogP contribution in [0.5, 0.6) is 0 Å². The SMILES string of the molecule is C[C@H](NC(=O)CCCCl)C(=O)Nc1ccccc1Cc1ccccc1. The Balaban J connectivity index is 1.99. The summed E-state index contributed by atoms with van der Waals surface area (Å²) in [6.45, 7) is 1.67. The molecule has 0 saturated carbocycles. The summed E-state index contributed by atoms with van der Waals surface area (Å²) in [5, 5.41) is 5.61. The predicted octanol–water partition coefficient (Wildman–Crippen LogP) is 3.74. The Hall–Kier alpha value is -2.33. The monoisotopic (exact) mass is 358 g/mol. The first kappa shape index (κ1) is 19.0. The van der Waals surface area contributed by atoms with Crippen molar-refractivity contribution in [2.24, 2.45) is 0 Å². The van der Waals surface area contributed by atoms with Gasteiger partial charge in [-0.2, -0.15) is 0 Å². The summed E-state index contributed by atoms with van der Waals surface area (Å²) in [5.41, 5.74) is 2.97. The van der Waals surface area contributed by atoms with Gasteiger partial charge in [0.15, 0.2) is 0 Å². The molecule has 2 rings (SSSR count). The Morgan fingerprint density at radius 3 is 2.44 bits per heavy atom. The average molecular weight is 359 g/mol. The van der Waals surface area contributed by atoms with Crippen LogP contribution in [0.25, 0.3) is 0 Å². The molecule has 1 atom stereocenters. The summed E-state index contributed by atoms with van der Waals surface area (Å²) in [4.78, 5) is 24.1. The number of anilines is 1. The van der Waals surface area contributed by atoms with Crippen molar-refractivity contribution in [2.45, 2.75) is 32.2 Å². The Morgan fingerprint density at radius 1 is 1.04 bits per heavy atom. The molecule has 0 aliphatic heterocycles. The molecule has 2 aromatic carbocycles. The number of nitrogens with one attached hydrogen (secondary N) is 2. The van der Waals surface area contributed by atoms with Gasteiger partial charge in [0.2, 0.25) is 11.8 Å². The molecule has 4 nitrogen and oxygen atoms in total. The molecular weight excluding hydrogens is 336 g/mol. The fourth-order valence-electron chi connectivity index (χ4n) is 2.46. The zero-order valence-corrected chi connectivity index (χ0v) is 15.1. The molecule has 0 radical (unpaired) electrons. The average Bonchev–Trinajstić information content (AvgIpc) is 2.62. The molecule has 0 bridgehead atoms. The number of para-hydroxylation sites is 1. The minimum atomic E-state index is -0.604. The fourth-order valence-corrected chi connectivity index (χ4v) is 2.59. The molecular formula is C20H23ClN2O2. The van der Waals surface area contributed by atoms with E-state index in [1.807, 2.05) is 42.5 Å². The Kier molecular flexibility index (Phi) is 7.48. The van der Waals surface area contributed by atoms with E-state index < -0.39 is 6.04 Å². The molecule has 0 unspecified atom stereocenters. The number of carbonyl (C=O) groups is 2. The predicted molar refractivity (Wildman–Crippen MR) is 102 cm³/mol. The van der Waals surface area contributed by atoms with E-state index in [-0.39, 0.29) is 11.8 Å². The van der Waals surface area contributed by atoms with Crippen LogP contribution >= 0.6 is 11.6 Å². The van der Waals surface area contributed by atoms with E-state index in [1.54, 1.807) is 6.92 Å². The summed E-state index contributed by atoms with van der Waals surface area (Å²) in [6.07, 6.45) is 1.65. The van der Waals surface area contributed by atoms with Gasteiger partial charge in [-0.05, 0) is 37.0 Å². The first-order chi connectivity index (χ1) is 12.1. The zero-order chi connectivity index (χ0) is 18.1. The van der Waals surface area contributed by atoms with Gasteiger partial charge >= 0.3 is 0 Å². The van der Waals surface area contributed by atoms with Gasteiger partial charge in [-0.25, -0.2) is 0 Å². The number of rotatable bonds is 8. The number of alkyl halides is 1. The molecule has 2 N–H and O–H groups in total. The maximum atomic E-state index is 12.4. The molecule has 132 valence electrons. The highest BCUT2D eigenvalue weighted by Gasteiger charge is 2.16. The standard InChI is InChI=1S/C20H23ClN2O2/c1-15(22-19(24)12-7-13-21)20(25)23-18-11-6-5-10-17(18)14-16-8-3-2-4-9-16/h2-6,8-11,15H,7,12-14H2,1H3,(H,22,24)(H,23,25)/t15-/m0/s1. The van der Waals surface area contributed by atoms with E-state index in [9.17, 15) is 9.59 Å². The molecule has 0 spiro atoms. The third-order valence-electron chi connectivity index (χ3n) is 3.82. The molecule has 2 aromatic rings. The van der Waals surface area contributed by atoms with Crippen molar-refractivity contribution in [3.8, 4) is 0 Å². The summed E-state index contributed by atoms with van der Waals surface area (Å²) in [6, 6.07) is 17.2. The van der Waals surface area contributed by atoms with Crippen LogP contribution in [0, 0.1) is 0 Å². The third kappa shape index (κ3) is 6.24. The Bertz CT molecular complexity index is 704. The number of carbonyl (C=O) groups excluding carboxylic acids is 2. The minimum absolute atomic E-state index is 0.166. The zero-order valence-electron chi connectivity index (χ0n) is 14.3. The minimum Gasteiger partial charge on any atom is -0.345 e. The lowest BCUT2D eigenvalue weighted by Gasteiger charge is -2.16. The lowest BCUT2D eigenvalue weighted by molar-refractivity contribution is -0.126. The van der Waals surface area contributed by atoms with Crippen molar-refractivity contribution >= 4 is 29.1 Å². The number of hydrogen-bond donors (Lipinski definition) is 2. The Labute approximate surface area is 153 Å². The van der Waals surface area contributed by atoms with Crippen LogP contribution < -0.4 is 10.6 Å². The second-order valence-electron chi connectivity index (χ2n) is 5.89. The lowest BCUT2D eigenvalue weighted by atomic mass is 10.0. The van der Waals surface area contributed by atoms with Crippen LogP contribution in [0.4, 0.5) is 5.69 Å². The van der Waals surface area contributed by atoms with Gasteiger partial charge in [-0.1, -0.05) is 48.5 Å². The topological polar surface area (TPSA) is 58.2 Å². The van der Waals surface area contributed by atoms with Gasteiger partial charge < -0.3 is 10.6 Å². The van der Waals surface area contributed by atoms with Crippen molar-refractivity contribution < 1.29 is 9.59 Å². The normalized spacial score (nSPS) is 11.6. The summed E-state index contributed by atoms with van der Waals surface area (Å²) in [5.74, 6) is 0.0292. The van der Waals surface area contributed by atoms with E-state index in [1.165, 1.54) is 5.56 Å². The number of amides is 2. The van der Waals surface area contributed by atoms with Crippen LogP contribution in [0.3, 0.4) is 0 Å². The largest absolute Gasteiger partial charge is 0.345 e. The van der Waals surface area contributed by atoms with Crippen molar-refractivity contribution in [1.82, 2.24) is 5.32 Å². The smallest absolute Gasteiger partial charge is 0.246 e. The summed E-state index contributed by atoms with van der Waals surface area (Å²) in [7, 11) is 0. The molecule has 0 aliphatic carbocycles. The molecule has 0 fully saturated rings. The van der Waals surface area contributed by atoms with Crippen LogP contribution in [0.15, 0.2) is 54.6 Å². The molecule has 5 heteroatoms. The van der Waals surface area contributed by atoms with Crippen LogP contribution in [-0.2, 0) is 16.0 Å². The highest BCUT2D eigenvalue weighted by atomic mass is 35.5. The van der Waals surface area contributed by atoms with Gasteiger partial charge in [-0.15, -0.1) is 11.6 Å². The van der Waals surface area contributed by atoms with Crippen LogP contribution in [-0.4, -0.2) is 23.7 Å². The van der Waals surface area contributed by atoms with Crippen molar-refractivity contribution in [3.05, 3.63) is 65.7 Å². The van der Waals surface area contributed by atoms with E-state index in [0.717, 1.165) is 17.7 Å². The van der Waals surface area contributed by atoms with E-state index in [2.05, 4.69) is 22.8 Å². The number of hydrogen-bond acceptors (Lipinski definition) is 2. The van der Waals surface area contributed by atoms with Gasteiger partial charge in [0.25, 0.3) is 0 Å². The third-order valence-corrected chi connectivity index (χ3v) is 4.09. The van der Waals surface area contributed by atoms with Crippen LogP contribution in [0.1, 0.15) is 30.9 Å². The fraction of sp³-hybridized carbons (Fsp3) is 0.300. The maximum Gasteiger partial charge on any atom is 0.246 e. The molecule has 0 saturated heterocycles. The molecule has 0 aliphatic rings.